The van der Waals surface area contributed by atoms with Gasteiger partial charge in [-0.15, -0.1) is 0 Å². The van der Waals surface area contributed by atoms with Gasteiger partial charge in [0.15, 0.2) is 0 Å². The van der Waals surface area contributed by atoms with Gasteiger partial charge >= 0.3 is 76.5 Å². The number of hydrogen-bond acceptors (Lipinski definition) is 1. The summed E-state index contributed by atoms with van der Waals surface area (Å²) in [5, 5.41) is 8.37. The Labute approximate surface area is 76.4 Å². The average Bonchev–Trinajstić information content (AvgIpc) is 1.88. The molecule has 0 aliphatic carbocycles. The van der Waals surface area contributed by atoms with Crippen LogP contribution in [0, 0.1) is 11.3 Å². The number of nitrogens with zero attached hydrogens (tertiary/aromatic N) is 1. The van der Waals surface area contributed by atoms with Crippen molar-refractivity contribution in [3.05, 3.63) is 29.8 Å². The minimum atomic E-state index is 0.542. The first-order chi connectivity index (χ1) is 4.83. The van der Waals surface area contributed by atoms with Crippen LogP contribution in [0.4, 0.5) is 0 Å². The fraction of sp³-hybridized carbons (Fsp3) is 0.125. The number of benzene rings is 1. The Bertz CT molecular complexity index is 262. The van der Waals surface area contributed by atoms with Gasteiger partial charge in [0, 0.05) is 0 Å². The summed E-state index contributed by atoms with van der Waals surface area (Å²) < 4.78 is 1.38. The number of rotatable bonds is 1. The van der Waals surface area contributed by atoms with Crippen LogP contribution in [-0.2, 0) is 6.42 Å². The van der Waals surface area contributed by atoms with Crippen molar-refractivity contribution >= 4 is 28.9 Å². The molecule has 0 saturated carbocycles. The van der Waals surface area contributed by atoms with Crippen LogP contribution in [0.3, 0.4) is 0 Å². The predicted molar refractivity (Wildman–Crippen MR) is 41.1 cm³/mol. The van der Waals surface area contributed by atoms with Gasteiger partial charge in [-0.3, -0.25) is 0 Å². The van der Waals surface area contributed by atoms with E-state index in [9.17, 15) is 0 Å². The molecular weight excluding hydrogens is 314 g/mol. The van der Waals surface area contributed by atoms with Gasteiger partial charge in [0.25, 0.3) is 0 Å². The molecule has 46 valence electrons. The van der Waals surface area contributed by atoms with Gasteiger partial charge in [-0.05, 0) is 0 Å². The van der Waals surface area contributed by atoms with Gasteiger partial charge in [-0.2, -0.15) is 0 Å². The molecule has 0 atom stereocenters. The van der Waals surface area contributed by atoms with Crippen molar-refractivity contribution in [1.29, 1.82) is 5.26 Å². The van der Waals surface area contributed by atoms with Crippen molar-refractivity contribution < 1.29 is 0 Å². The normalized spacial score (nSPS) is 8.60. The molecule has 1 aromatic rings. The molecule has 0 aromatic heterocycles. The zero-order valence-corrected chi connectivity index (χ0v) is 10.0. The Morgan fingerprint density at radius 3 is 2.90 bits per heavy atom. The first-order valence-corrected chi connectivity index (χ1v) is 5.29. The third-order valence-electron chi connectivity index (χ3n) is 1.23. The number of hydrogen-bond donors (Lipinski definition) is 0. The molecule has 0 radical (unpaired) electrons. The molecule has 10 heavy (non-hydrogen) atoms. The second kappa shape index (κ2) is 3.72. The first-order valence-electron chi connectivity index (χ1n) is 3.04. The van der Waals surface area contributed by atoms with E-state index in [-0.39, 0.29) is 0 Å². The topological polar surface area (TPSA) is 23.8 Å². The summed E-state index contributed by atoms with van der Waals surface area (Å²) in [4.78, 5) is 0. The average molecular weight is 321 g/mol. The summed E-state index contributed by atoms with van der Waals surface area (Å²) in [7, 11) is 0. The number of nitriles is 1. The molecule has 0 amide bonds. The molecule has 0 bridgehead atoms. The third-order valence-corrected chi connectivity index (χ3v) is 2.63. The molecule has 1 nitrogen and oxygen atoms in total. The van der Waals surface area contributed by atoms with Crippen LogP contribution < -0.4 is 3.12 Å². The second-order valence-electron chi connectivity index (χ2n) is 2.08. The van der Waals surface area contributed by atoms with Crippen molar-refractivity contribution in [3.8, 4) is 6.07 Å². The van der Waals surface area contributed by atoms with Crippen LogP contribution in [-0.4, -0.2) is 25.8 Å². The van der Waals surface area contributed by atoms with Gasteiger partial charge < -0.3 is 0 Å². The summed E-state index contributed by atoms with van der Waals surface area (Å²) in [5.74, 6) is 0. The van der Waals surface area contributed by atoms with Crippen LogP contribution in [0.5, 0.6) is 0 Å². The molecule has 0 aliphatic rings. The van der Waals surface area contributed by atoms with Crippen molar-refractivity contribution in [1.82, 2.24) is 0 Å². The van der Waals surface area contributed by atoms with Crippen LogP contribution >= 0.6 is 0 Å². The predicted octanol–water partition coefficient (Wildman–Crippen LogP) is 0.546. The van der Waals surface area contributed by atoms with E-state index >= 15 is 0 Å². The van der Waals surface area contributed by atoms with Gasteiger partial charge in [-0.1, -0.05) is 0 Å². The van der Waals surface area contributed by atoms with E-state index in [1.165, 1.54) is 3.12 Å². The van der Waals surface area contributed by atoms with Crippen molar-refractivity contribution in [2.45, 2.75) is 6.42 Å². The summed E-state index contributed by atoms with van der Waals surface area (Å²) >= 11 is 0.878. The Kier molecular flexibility index (Phi) is 2.87. The van der Waals surface area contributed by atoms with E-state index in [2.05, 4.69) is 18.2 Å². The second-order valence-corrected chi connectivity index (χ2v) is 4.67. The van der Waals surface area contributed by atoms with Gasteiger partial charge in [-0.25, -0.2) is 0 Å². The molecule has 2 heteroatoms. The maximum absolute atomic E-state index is 8.37. The van der Waals surface area contributed by atoms with Crippen LogP contribution in [0.15, 0.2) is 24.3 Å². The summed E-state index contributed by atoms with van der Waals surface area (Å²) in [6.07, 6.45) is 0.542. The van der Waals surface area contributed by atoms with E-state index < -0.39 is 0 Å². The summed E-state index contributed by atoms with van der Waals surface area (Å²) in [6.45, 7) is 0. The Hall–Kier alpha value is -0.368. The van der Waals surface area contributed by atoms with E-state index in [1.54, 1.807) is 0 Å². The minimum absolute atomic E-state index is 0.542. The summed E-state index contributed by atoms with van der Waals surface area (Å²) in [6, 6.07) is 10.3. The van der Waals surface area contributed by atoms with Crippen LogP contribution in [0.2, 0.25) is 0 Å². The molecule has 0 spiro atoms. The maximum atomic E-state index is 8.37. The van der Waals surface area contributed by atoms with E-state index in [1.807, 2.05) is 12.1 Å². The first kappa shape index (κ1) is 7.74. The van der Waals surface area contributed by atoms with Crippen LogP contribution in [0.25, 0.3) is 0 Å². The molecule has 0 N–H and O–H groups in total. The molecule has 1 aromatic carbocycles. The van der Waals surface area contributed by atoms with E-state index in [0.29, 0.717) is 6.42 Å². The van der Waals surface area contributed by atoms with Crippen LogP contribution in [0.1, 0.15) is 5.56 Å². The summed E-state index contributed by atoms with van der Waals surface area (Å²) in [5.41, 5.74) is 1.14. The third kappa shape index (κ3) is 2.10. The molecule has 0 saturated heterocycles. The van der Waals surface area contributed by atoms with Gasteiger partial charge in [0.1, 0.15) is 0 Å². The van der Waals surface area contributed by atoms with Gasteiger partial charge in [0.05, 0.1) is 0 Å². The Morgan fingerprint density at radius 1 is 1.50 bits per heavy atom. The monoisotopic (exact) mass is 321 g/mol. The molecule has 1 rings (SSSR count). The molecule has 0 unspecified atom stereocenters. The fourth-order valence-electron chi connectivity index (χ4n) is 0.794. The van der Waals surface area contributed by atoms with Crippen molar-refractivity contribution in [2.24, 2.45) is 0 Å². The zero-order valence-electron chi connectivity index (χ0n) is 5.54. The Morgan fingerprint density at radius 2 is 2.30 bits per heavy atom. The molecule has 0 fully saturated rings. The molecular formula is C8H6NTl. The standard InChI is InChI=1S/C8H6N.Tl/c9-7-6-8-4-2-1-3-5-8;/h1-2,4-5H,6H2;. The van der Waals surface area contributed by atoms with Crippen molar-refractivity contribution in [2.75, 3.05) is 0 Å². The van der Waals surface area contributed by atoms with Gasteiger partial charge in [0.2, 0.25) is 0 Å². The van der Waals surface area contributed by atoms with E-state index in [0.717, 1.165) is 31.3 Å². The quantitative estimate of drug-likeness (QED) is 0.693. The molecule has 0 heterocycles. The SMILES string of the molecule is N#CCc1ccc[c]([Tl])c1. The fourth-order valence-corrected chi connectivity index (χ4v) is 2.06. The van der Waals surface area contributed by atoms with Crippen molar-refractivity contribution in [3.63, 3.8) is 0 Å². The molecule has 0 aliphatic heterocycles. The Balaban J connectivity index is 2.87. The zero-order chi connectivity index (χ0) is 7.40. The van der Waals surface area contributed by atoms with E-state index in [4.69, 9.17) is 5.26 Å².